The smallest absolute Gasteiger partial charge is 0.149 e. The van der Waals surface area contributed by atoms with Gasteiger partial charge in [0.1, 0.15) is 11.0 Å². The van der Waals surface area contributed by atoms with Crippen LogP contribution >= 0.6 is 11.6 Å². The number of fused-ring (bicyclic) bond motifs is 2. The van der Waals surface area contributed by atoms with Crippen molar-refractivity contribution in [3.05, 3.63) is 17.5 Å². The Morgan fingerprint density at radius 2 is 2.24 bits per heavy atom. The largest absolute Gasteiger partial charge is 0.366 e. The summed E-state index contributed by atoms with van der Waals surface area (Å²) in [6, 6.07) is 0.470. The number of nitrogens with zero attached hydrogens (tertiary/aromatic N) is 2. The fraction of sp³-hybridized carbons (Fsp3) is 0.692. The van der Waals surface area contributed by atoms with Gasteiger partial charge in [-0.3, -0.25) is 4.98 Å². The van der Waals surface area contributed by atoms with E-state index in [1.807, 2.05) is 0 Å². The number of aromatic nitrogens is 2. The predicted molar refractivity (Wildman–Crippen MR) is 69.1 cm³/mol. The molecule has 3 rings (SSSR count). The topological polar surface area (TPSA) is 37.8 Å². The first-order valence-electron chi connectivity index (χ1n) is 6.46. The van der Waals surface area contributed by atoms with Crippen molar-refractivity contribution < 1.29 is 0 Å². The molecular weight excluding hydrogens is 234 g/mol. The Morgan fingerprint density at radius 1 is 1.35 bits per heavy atom. The number of halogens is 1. The lowest BCUT2D eigenvalue weighted by Gasteiger charge is -2.28. The molecule has 2 bridgehead atoms. The molecule has 0 spiro atoms. The van der Waals surface area contributed by atoms with Crippen molar-refractivity contribution in [1.29, 1.82) is 0 Å². The third-order valence-electron chi connectivity index (χ3n) is 4.42. The van der Waals surface area contributed by atoms with Crippen molar-refractivity contribution in [2.45, 2.75) is 38.6 Å². The summed E-state index contributed by atoms with van der Waals surface area (Å²) in [5.74, 6) is 3.51. The van der Waals surface area contributed by atoms with Gasteiger partial charge in [-0.05, 0) is 43.9 Å². The van der Waals surface area contributed by atoms with Gasteiger partial charge in [0.15, 0.2) is 0 Å². The van der Waals surface area contributed by atoms with Crippen molar-refractivity contribution >= 4 is 17.4 Å². The second-order valence-corrected chi connectivity index (χ2v) is 5.89. The minimum Gasteiger partial charge on any atom is -0.366 e. The summed E-state index contributed by atoms with van der Waals surface area (Å²) in [5, 5.41) is 3.91. The molecule has 2 aliphatic rings. The van der Waals surface area contributed by atoms with Crippen LogP contribution < -0.4 is 5.32 Å². The Morgan fingerprint density at radius 3 is 2.88 bits per heavy atom. The van der Waals surface area contributed by atoms with E-state index >= 15 is 0 Å². The Hall–Kier alpha value is -0.830. The van der Waals surface area contributed by atoms with Gasteiger partial charge < -0.3 is 5.32 Å². The predicted octanol–water partition coefficient (Wildman–Crippen LogP) is 3.37. The van der Waals surface area contributed by atoms with Crippen LogP contribution in [-0.4, -0.2) is 16.0 Å². The van der Waals surface area contributed by atoms with Crippen LogP contribution in [0.3, 0.4) is 0 Å². The zero-order chi connectivity index (χ0) is 11.8. The highest BCUT2D eigenvalue weighted by molar-refractivity contribution is 6.29. The van der Waals surface area contributed by atoms with Crippen LogP contribution in [0.15, 0.2) is 12.4 Å². The van der Waals surface area contributed by atoms with Gasteiger partial charge in [0.2, 0.25) is 0 Å². The Bertz CT molecular complexity index is 409. The number of rotatable bonds is 3. The summed E-state index contributed by atoms with van der Waals surface area (Å²) in [6.07, 6.45) is 9.00. The minimum absolute atomic E-state index is 0.454. The molecule has 4 heteroatoms. The van der Waals surface area contributed by atoms with Crippen molar-refractivity contribution in [2.24, 2.45) is 17.8 Å². The van der Waals surface area contributed by atoms with E-state index in [9.17, 15) is 0 Å². The molecule has 92 valence electrons. The van der Waals surface area contributed by atoms with Crippen LogP contribution in [0, 0.1) is 17.8 Å². The summed E-state index contributed by atoms with van der Waals surface area (Å²) in [5.41, 5.74) is 0. The van der Waals surface area contributed by atoms with Gasteiger partial charge in [0.25, 0.3) is 0 Å². The molecule has 3 nitrogen and oxygen atoms in total. The lowest BCUT2D eigenvalue weighted by atomic mass is 9.84. The van der Waals surface area contributed by atoms with Crippen LogP contribution in [0.4, 0.5) is 5.82 Å². The summed E-state index contributed by atoms with van der Waals surface area (Å²) in [6.45, 7) is 2.26. The van der Waals surface area contributed by atoms with Crippen LogP contribution in [-0.2, 0) is 0 Å². The highest BCUT2D eigenvalue weighted by atomic mass is 35.5. The minimum atomic E-state index is 0.454. The lowest BCUT2D eigenvalue weighted by Crippen LogP contribution is -2.30. The number of anilines is 1. The van der Waals surface area contributed by atoms with E-state index in [-0.39, 0.29) is 0 Å². The molecule has 1 aromatic heterocycles. The Kier molecular flexibility index (Phi) is 2.95. The number of hydrogen-bond acceptors (Lipinski definition) is 3. The second kappa shape index (κ2) is 4.45. The Labute approximate surface area is 107 Å². The SMILES string of the molecule is CC(Nc1cncc(Cl)n1)C1CC2CCC1C2. The van der Waals surface area contributed by atoms with E-state index in [1.165, 1.54) is 25.7 Å². The van der Waals surface area contributed by atoms with E-state index in [2.05, 4.69) is 22.2 Å². The third kappa shape index (κ3) is 2.25. The monoisotopic (exact) mass is 251 g/mol. The molecule has 4 atom stereocenters. The van der Waals surface area contributed by atoms with Gasteiger partial charge in [-0.25, -0.2) is 4.98 Å². The van der Waals surface area contributed by atoms with Crippen LogP contribution in [0.5, 0.6) is 0 Å². The molecule has 2 saturated carbocycles. The average Bonchev–Trinajstić information content (AvgIpc) is 2.90. The second-order valence-electron chi connectivity index (χ2n) is 5.50. The van der Waals surface area contributed by atoms with E-state index in [4.69, 9.17) is 11.6 Å². The van der Waals surface area contributed by atoms with Crippen molar-refractivity contribution in [2.75, 3.05) is 5.32 Å². The molecular formula is C13H18ClN3. The lowest BCUT2D eigenvalue weighted by molar-refractivity contribution is 0.304. The van der Waals surface area contributed by atoms with Gasteiger partial charge >= 0.3 is 0 Å². The molecule has 1 heterocycles. The van der Waals surface area contributed by atoms with E-state index < -0.39 is 0 Å². The average molecular weight is 252 g/mol. The first-order chi connectivity index (χ1) is 8.22. The fourth-order valence-electron chi connectivity index (χ4n) is 3.66. The highest BCUT2D eigenvalue weighted by Crippen LogP contribution is 2.49. The molecule has 0 amide bonds. The maximum Gasteiger partial charge on any atom is 0.149 e. The van der Waals surface area contributed by atoms with Gasteiger partial charge in [0.05, 0.1) is 12.4 Å². The van der Waals surface area contributed by atoms with Gasteiger partial charge in [-0.2, -0.15) is 0 Å². The molecule has 17 heavy (non-hydrogen) atoms. The molecule has 0 saturated heterocycles. The first-order valence-corrected chi connectivity index (χ1v) is 6.84. The summed E-state index contributed by atoms with van der Waals surface area (Å²) in [7, 11) is 0. The Balaban J connectivity index is 1.65. The maximum absolute atomic E-state index is 5.84. The maximum atomic E-state index is 5.84. The van der Waals surface area contributed by atoms with Crippen LogP contribution in [0.2, 0.25) is 5.15 Å². The zero-order valence-electron chi connectivity index (χ0n) is 10.1. The summed E-state index contributed by atoms with van der Waals surface area (Å²) in [4.78, 5) is 8.29. The summed E-state index contributed by atoms with van der Waals surface area (Å²) >= 11 is 5.84. The van der Waals surface area contributed by atoms with Crippen molar-refractivity contribution in [3.63, 3.8) is 0 Å². The molecule has 2 fully saturated rings. The third-order valence-corrected chi connectivity index (χ3v) is 4.60. The molecule has 0 radical (unpaired) electrons. The molecule has 1 N–H and O–H groups in total. The molecule has 0 aromatic carbocycles. The zero-order valence-corrected chi connectivity index (χ0v) is 10.8. The van der Waals surface area contributed by atoms with Gasteiger partial charge in [-0.1, -0.05) is 18.0 Å². The number of nitrogens with one attached hydrogen (secondary N) is 1. The molecule has 1 aromatic rings. The molecule has 4 unspecified atom stereocenters. The van der Waals surface area contributed by atoms with E-state index in [0.717, 1.165) is 23.6 Å². The van der Waals surface area contributed by atoms with Crippen LogP contribution in [0.25, 0.3) is 0 Å². The van der Waals surface area contributed by atoms with E-state index in [1.54, 1.807) is 12.4 Å². The normalized spacial score (nSPS) is 32.7. The first kappa shape index (κ1) is 11.3. The van der Waals surface area contributed by atoms with Crippen molar-refractivity contribution in [1.82, 2.24) is 9.97 Å². The van der Waals surface area contributed by atoms with E-state index in [0.29, 0.717) is 11.2 Å². The summed E-state index contributed by atoms with van der Waals surface area (Å²) < 4.78 is 0. The quantitative estimate of drug-likeness (QED) is 0.895. The van der Waals surface area contributed by atoms with Gasteiger partial charge in [-0.15, -0.1) is 0 Å². The standard InChI is InChI=1S/C13H18ClN3/c1-8(11-5-9-2-3-10(11)4-9)16-13-7-15-6-12(14)17-13/h6-11H,2-5H2,1H3,(H,16,17). The number of hydrogen-bond donors (Lipinski definition) is 1. The molecule has 2 aliphatic carbocycles. The highest BCUT2D eigenvalue weighted by Gasteiger charge is 2.41. The fourth-order valence-corrected chi connectivity index (χ4v) is 3.81. The van der Waals surface area contributed by atoms with Gasteiger partial charge in [0, 0.05) is 6.04 Å². The molecule has 0 aliphatic heterocycles. The van der Waals surface area contributed by atoms with Crippen molar-refractivity contribution in [3.8, 4) is 0 Å². The van der Waals surface area contributed by atoms with Crippen LogP contribution in [0.1, 0.15) is 32.6 Å².